The Morgan fingerprint density at radius 1 is 1.22 bits per heavy atom. The number of amides is 1. The number of aryl methyl sites for hydroxylation is 1. The molecule has 0 aliphatic heterocycles. The van der Waals surface area contributed by atoms with Gasteiger partial charge in [-0.3, -0.25) is 10.1 Å². The van der Waals surface area contributed by atoms with Crippen LogP contribution in [0, 0.1) is 6.92 Å². The summed E-state index contributed by atoms with van der Waals surface area (Å²) in [6.07, 6.45) is 1.02. The van der Waals surface area contributed by atoms with E-state index in [1.807, 2.05) is 36.6 Å². The lowest BCUT2D eigenvalue weighted by atomic mass is 10.1. The average molecular weight is 401 g/mol. The van der Waals surface area contributed by atoms with Gasteiger partial charge < -0.3 is 9.40 Å². The van der Waals surface area contributed by atoms with E-state index in [-0.39, 0.29) is 10.9 Å². The van der Waals surface area contributed by atoms with Crippen LogP contribution in [0.25, 0.3) is 22.2 Å². The predicted octanol–water partition coefficient (Wildman–Crippen LogP) is 3.85. The quantitative estimate of drug-likeness (QED) is 0.540. The third kappa shape index (κ3) is 3.26. The number of thiazole rings is 1. The van der Waals surface area contributed by atoms with Gasteiger partial charge in [0.15, 0.2) is 10.9 Å². The number of para-hydroxylation sites is 1. The van der Waals surface area contributed by atoms with Gasteiger partial charge in [0.05, 0.1) is 5.69 Å². The van der Waals surface area contributed by atoms with Crippen LogP contribution in [0.4, 0.5) is 5.13 Å². The fourth-order valence-corrected chi connectivity index (χ4v) is 4.11. The van der Waals surface area contributed by atoms with Crippen molar-refractivity contribution in [2.45, 2.75) is 12.0 Å². The summed E-state index contributed by atoms with van der Waals surface area (Å²) in [7, 11) is -3.50. The van der Waals surface area contributed by atoms with Crippen molar-refractivity contribution in [3.63, 3.8) is 0 Å². The summed E-state index contributed by atoms with van der Waals surface area (Å²) in [6.45, 7) is 1.97. The summed E-state index contributed by atoms with van der Waals surface area (Å²) in [5, 5.41) is 5.72. The van der Waals surface area contributed by atoms with E-state index in [0.717, 1.165) is 34.1 Å². The Balaban J connectivity index is 1.60. The lowest BCUT2D eigenvalue weighted by Gasteiger charge is -1.99. The van der Waals surface area contributed by atoms with Crippen molar-refractivity contribution in [3.8, 4) is 11.3 Å². The van der Waals surface area contributed by atoms with Crippen molar-refractivity contribution >= 4 is 43.1 Å². The number of furan rings is 1. The summed E-state index contributed by atoms with van der Waals surface area (Å²) in [5.74, 6) is -0.642. The highest BCUT2D eigenvalue weighted by molar-refractivity contribution is 7.90. The second kappa shape index (κ2) is 6.36. The van der Waals surface area contributed by atoms with Crippen LogP contribution in [0.15, 0.2) is 51.3 Å². The van der Waals surface area contributed by atoms with Crippen LogP contribution >= 0.6 is 11.3 Å². The standard InChI is InChI=1S/C18H15N3O4S2/c1-10-16(11-5-3-4-6-12(11)19-10)13-9-26-18(20-13)21-17(22)14-7-8-15(25-14)27(2,23)24/h3-9,19H,1-2H3,(H,20,21,22). The van der Waals surface area contributed by atoms with Crippen LogP contribution < -0.4 is 5.32 Å². The Bertz CT molecular complexity index is 1260. The van der Waals surface area contributed by atoms with E-state index in [0.29, 0.717) is 5.13 Å². The molecule has 0 radical (unpaired) electrons. The molecular weight excluding hydrogens is 386 g/mol. The third-order valence-corrected chi connectivity index (χ3v) is 5.75. The van der Waals surface area contributed by atoms with Crippen molar-refractivity contribution < 1.29 is 17.6 Å². The second-order valence-corrected chi connectivity index (χ2v) is 8.86. The molecule has 0 fully saturated rings. The Hall–Kier alpha value is -2.91. The normalized spacial score (nSPS) is 11.8. The molecule has 3 heterocycles. The molecule has 1 aromatic carbocycles. The van der Waals surface area contributed by atoms with Crippen molar-refractivity contribution in [1.82, 2.24) is 9.97 Å². The number of hydrogen-bond donors (Lipinski definition) is 2. The number of carbonyl (C=O) groups is 1. The van der Waals surface area contributed by atoms with Crippen molar-refractivity contribution in [2.75, 3.05) is 11.6 Å². The number of H-pyrrole nitrogens is 1. The number of nitrogens with zero attached hydrogens (tertiary/aromatic N) is 1. The first-order chi connectivity index (χ1) is 12.8. The minimum Gasteiger partial charge on any atom is -0.440 e. The minimum absolute atomic E-state index is 0.0875. The summed E-state index contributed by atoms with van der Waals surface area (Å²) in [5.41, 5.74) is 3.75. The molecule has 0 spiro atoms. The highest BCUT2D eigenvalue weighted by atomic mass is 32.2. The highest BCUT2D eigenvalue weighted by Crippen LogP contribution is 2.34. The molecule has 0 aliphatic carbocycles. The largest absolute Gasteiger partial charge is 0.440 e. The number of anilines is 1. The third-order valence-electron chi connectivity index (χ3n) is 4.04. The second-order valence-electron chi connectivity index (χ2n) is 6.05. The summed E-state index contributed by atoms with van der Waals surface area (Å²) >= 11 is 1.28. The monoisotopic (exact) mass is 401 g/mol. The molecule has 0 unspecified atom stereocenters. The van der Waals surface area contributed by atoms with Gasteiger partial charge in [0.1, 0.15) is 0 Å². The molecule has 0 atom stereocenters. The number of hydrogen-bond acceptors (Lipinski definition) is 6. The fourth-order valence-electron chi connectivity index (χ4n) is 2.85. The maximum Gasteiger partial charge on any atom is 0.293 e. The van der Waals surface area contributed by atoms with Crippen LogP contribution in [-0.4, -0.2) is 30.5 Å². The number of carbonyl (C=O) groups excluding carboxylic acids is 1. The van der Waals surface area contributed by atoms with Gasteiger partial charge in [-0.25, -0.2) is 13.4 Å². The Morgan fingerprint density at radius 2 is 2.00 bits per heavy atom. The van der Waals surface area contributed by atoms with Crippen molar-refractivity contribution in [2.24, 2.45) is 0 Å². The van der Waals surface area contributed by atoms with E-state index >= 15 is 0 Å². The van der Waals surface area contributed by atoms with E-state index in [2.05, 4.69) is 15.3 Å². The molecule has 0 bridgehead atoms. The Morgan fingerprint density at radius 3 is 2.74 bits per heavy atom. The summed E-state index contributed by atoms with van der Waals surface area (Å²) in [4.78, 5) is 20.1. The molecule has 0 aliphatic rings. The number of benzene rings is 1. The molecule has 4 rings (SSSR count). The van der Waals surface area contributed by atoms with E-state index in [1.165, 1.54) is 23.5 Å². The number of rotatable bonds is 4. The molecule has 0 saturated carbocycles. The SMILES string of the molecule is Cc1[nH]c2ccccc2c1-c1csc(NC(=O)c2ccc(S(C)(=O)=O)o2)n1. The molecule has 4 aromatic rings. The van der Waals surface area contributed by atoms with E-state index < -0.39 is 15.7 Å². The zero-order chi connectivity index (χ0) is 19.2. The van der Waals surface area contributed by atoms with Gasteiger partial charge >= 0.3 is 0 Å². The maximum absolute atomic E-state index is 12.3. The van der Waals surface area contributed by atoms with E-state index in [4.69, 9.17) is 4.42 Å². The highest BCUT2D eigenvalue weighted by Gasteiger charge is 2.19. The first-order valence-corrected chi connectivity index (χ1v) is 10.7. The number of nitrogens with one attached hydrogen (secondary N) is 2. The first kappa shape index (κ1) is 17.5. The number of aromatic nitrogens is 2. The maximum atomic E-state index is 12.3. The molecule has 7 nitrogen and oxygen atoms in total. The van der Waals surface area contributed by atoms with Gasteiger partial charge in [-0.1, -0.05) is 18.2 Å². The molecule has 138 valence electrons. The molecule has 27 heavy (non-hydrogen) atoms. The zero-order valence-corrected chi connectivity index (χ0v) is 16.1. The van der Waals surface area contributed by atoms with Crippen LogP contribution in [0.5, 0.6) is 0 Å². The average Bonchev–Trinajstić information content (AvgIpc) is 3.31. The first-order valence-electron chi connectivity index (χ1n) is 7.97. The van der Waals surface area contributed by atoms with Crippen LogP contribution in [-0.2, 0) is 9.84 Å². The number of aromatic amines is 1. The predicted molar refractivity (Wildman–Crippen MR) is 104 cm³/mol. The van der Waals surface area contributed by atoms with Gasteiger partial charge in [-0.2, -0.15) is 0 Å². The van der Waals surface area contributed by atoms with Gasteiger partial charge in [0.25, 0.3) is 5.91 Å². The fraction of sp³-hybridized carbons (Fsp3) is 0.111. The minimum atomic E-state index is -3.50. The van der Waals surface area contributed by atoms with E-state index in [1.54, 1.807) is 0 Å². The van der Waals surface area contributed by atoms with Gasteiger partial charge in [0.2, 0.25) is 14.9 Å². The number of fused-ring (bicyclic) bond motifs is 1. The van der Waals surface area contributed by atoms with Crippen LogP contribution in [0.2, 0.25) is 0 Å². The van der Waals surface area contributed by atoms with Crippen molar-refractivity contribution in [3.05, 3.63) is 53.2 Å². The Kier molecular flexibility index (Phi) is 4.12. The van der Waals surface area contributed by atoms with Gasteiger partial charge in [-0.15, -0.1) is 11.3 Å². The van der Waals surface area contributed by atoms with Crippen LogP contribution in [0.1, 0.15) is 16.2 Å². The summed E-state index contributed by atoms with van der Waals surface area (Å²) in [6, 6.07) is 10.5. The molecular formula is C18H15N3O4S2. The summed E-state index contributed by atoms with van der Waals surface area (Å²) < 4.78 is 28.0. The van der Waals surface area contributed by atoms with E-state index in [9.17, 15) is 13.2 Å². The molecule has 3 aromatic heterocycles. The lowest BCUT2D eigenvalue weighted by Crippen LogP contribution is -2.10. The number of sulfone groups is 1. The topological polar surface area (TPSA) is 105 Å². The molecule has 1 amide bonds. The molecule has 2 N–H and O–H groups in total. The molecule has 0 saturated heterocycles. The molecule has 9 heteroatoms. The Labute approximate surface area is 159 Å². The van der Waals surface area contributed by atoms with Crippen LogP contribution in [0.3, 0.4) is 0 Å². The van der Waals surface area contributed by atoms with Gasteiger partial charge in [0, 0.05) is 33.8 Å². The lowest BCUT2D eigenvalue weighted by molar-refractivity contribution is 0.0991. The van der Waals surface area contributed by atoms with Crippen molar-refractivity contribution in [1.29, 1.82) is 0 Å². The van der Waals surface area contributed by atoms with Gasteiger partial charge in [-0.05, 0) is 25.1 Å². The smallest absolute Gasteiger partial charge is 0.293 e. The zero-order valence-electron chi connectivity index (χ0n) is 14.4.